The van der Waals surface area contributed by atoms with Gasteiger partial charge < -0.3 is 20.7 Å². The Hall–Kier alpha value is -1.70. The molecule has 0 aromatic carbocycles. The summed E-state index contributed by atoms with van der Waals surface area (Å²) in [6.07, 6.45) is -3.15. The first-order valence-electron chi connectivity index (χ1n) is 5.17. The van der Waals surface area contributed by atoms with Gasteiger partial charge in [0.05, 0.1) is 12.3 Å². The minimum atomic E-state index is -4.58. The van der Waals surface area contributed by atoms with E-state index in [2.05, 4.69) is 10.5 Å². The van der Waals surface area contributed by atoms with E-state index in [9.17, 15) is 13.2 Å². The van der Waals surface area contributed by atoms with Gasteiger partial charge in [-0.15, -0.1) is 0 Å². The summed E-state index contributed by atoms with van der Waals surface area (Å²) >= 11 is 0. The van der Waals surface area contributed by atoms with E-state index >= 15 is 0 Å². The lowest BCUT2D eigenvalue weighted by atomic mass is 10.1. The van der Waals surface area contributed by atoms with Crippen LogP contribution in [-0.2, 0) is 0 Å². The van der Waals surface area contributed by atoms with Crippen LogP contribution < -0.4 is 11.1 Å². The van der Waals surface area contributed by atoms with Crippen molar-refractivity contribution in [2.45, 2.75) is 19.1 Å². The summed E-state index contributed by atoms with van der Waals surface area (Å²) in [7, 11) is 0. The monoisotopic (exact) mass is 265 g/mol. The van der Waals surface area contributed by atoms with Crippen molar-refractivity contribution in [3.63, 3.8) is 0 Å². The van der Waals surface area contributed by atoms with E-state index in [-0.39, 0.29) is 0 Å². The second-order valence-corrected chi connectivity index (χ2v) is 3.76. The van der Waals surface area contributed by atoms with Crippen molar-refractivity contribution < 1.29 is 22.8 Å². The Morgan fingerprint density at radius 3 is 2.72 bits per heavy atom. The van der Waals surface area contributed by atoms with E-state index < -0.39 is 30.5 Å². The molecule has 0 fully saturated rings. The molecular formula is C10H14F3N3O2. The average Bonchev–Trinajstić information content (AvgIpc) is 2.80. The molecule has 1 unspecified atom stereocenters. The fourth-order valence-corrected chi connectivity index (χ4v) is 1.39. The van der Waals surface area contributed by atoms with Crippen LogP contribution >= 0.6 is 0 Å². The summed E-state index contributed by atoms with van der Waals surface area (Å²) in [5.74, 6) is -2.41. The Morgan fingerprint density at radius 2 is 2.28 bits per heavy atom. The lowest BCUT2D eigenvalue weighted by Crippen LogP contribution is -2.43. The molecule has 0 saturated heterocycles. The third kappa shape index (κ3) is 3.66. The quantitative estimate of drug-likeness (QED) is 0.328. The predicted octanol–water partition coefficient (Wildman–Crippen LogP) is 1.86. The van der Waals surface area contributed by atoms with Crippen molar-refractivity contribution in [1.82, 2.24) is 5.32 Å². The third-order valence-corrected chi connectivity index (χ3v) is 2.47. The molecule has 5 nitrogen and oxygen atoms in total. The van der Waals surface area contributed by atoms with E-state index in [1.165, 1.54) is 6.26 Å². The summed E-state index contributed by atoms with van der Waals surface area (Å²) < 4.78 is 42.9. The second kappa shape index (κ2) is 5.76. The van der Waals surface area contributed by atoms with E-state index in [0.717, 1.165) is 0 Å². The number of nitrogens with zero attached hydrogens (tertiary/aromatic N) is 1. The SMILES string of the molecule is C[C@H](NCC(/C(N)=N/O)C(F)(F)F)c1ccco1. The van der Waals surface area contributed by atoms with Gasteiger partial charge in [0.2, 0.25) is 0 Å². The Balaban J connectivity index is 2.63. The molecule has 0 aliphatic rings. The van der Waals surface area contributed by atoms with Crippen molar-refractivity contribution in [2.24, 2.45) is 16.8 Å². The fraction of sp³-hybridized carbons (Fsp3) is 0.500. The topological polar surface area (TPSA) is 83.8 Å². The lowest BCUT2D eigenvalue weighted by Gasteiger charge is -2.21. The number of rotatable bonds is 5. The molecule has 1 heterocycles. The number of halogens is 3. The maximum atomic E-state index is 12.6. The van der Waals surface area contributed by atoms with E-state index in [4.69, 9.17) is 15.4 Å². The van der Waals surface area contributed by atoms with Crippen LogP contribution in [0.5, 0.6) is 0 Å². The standard InChI is InChI=1S/C10H14F3N3O2/c1-6(8-3-2-4-18-8)15-5-7(9(14)16-17)10(11,12)13/h2-4,6-7,15,17H,5H2,1H3,(H2,14,16)/t6-,7?/m0/s1. The minimum Gasteiger partial charge on any atom is -0.468 e. The largest absolute Gasteiger partial charge is 0.468 e. The zero-order valence-electron chi connectivity index (χ0n) is 9.61. The van der Waals surface area contributed by atoms with Crippen LogP contribution in [-0.4, -0.2) is 23.8 Å². The summed E-state index contributed by atoms with van der Waals surface area (Å²) in [4.78, 5) is 0. The van der Waals surface area contributed by atoms with Crippen LogP contribution in [0.2, 0.25) is 0 Å². The summed E-state index contributed by atoms with van der Waals surface area (Å²) in [6.45, 7) is 1.15. The molecule has 1 aromatic rings. The number of nitrogens with one attached hydrogen (secondary N) is 1. The van der Waals surface area contributed by atoms with Crippen LogP contribution in [0, 0.1) is 5.92 Å². The molecule has 8 heteroatoms. The summed E-state index contributed by atoms with van der Waals surface area (Å²) in [6, 6.07) is 2.87. The molecule has 0 saturated carbocycles. The molecule has 0 spiro atoms. The van der Waals surface area contributed by atoms with E-state index in [0.29, 0.717) is 5.76 Å². The van der Waals surface area contributed by atoms with Crippen LogP contribution in [0.1, 0.15) is 18.7 Å². The number of nitrogens with two attached hydrogens (primary N) is 1. The highest BCUT2D eigenvalue weighted by Crippen LogP contribution is 2.26. The normalized spacial score (nSPS) is 16.6. The highest BCUT2D eigenvalue weighted by Gasteiger charge is 2.42. The van der Waals surface area contributed by atoms with Crippen LogP contribution in [0.3, 0.4) is 0 Å². The van der Waals surface area contributed by atoms with E-state index in [1.54, 1.807) is 19.1 Å². The van der Waals surface area contributed by atoms with Crippen LogP contribution in [0.25, 0.3) is 0 Å². The van der Waals surface area contributed by atoms with Gasteiger partial charge in [-0.1, -0.05) is 5.16 Å². The number of amidine groups is 1. The van der Waals surface area contributed by atoms with Crippen molar-refractivity contribution in [1.29, 1.82) is 0 Å². The molecule has 0 aliphatic heterocycles. The number of oxime groups is 1. The first kappa shape index (κ1) is 14.4. The van der Waals surface area contributed by atoms with Gasteiger partial charge in [0, 0.05) is 6.54 Å². The fourth-order valence-electron chi connectivity index (χ4n) is 1.39. The molecule has 1 rings (SSSR count). The van der Waals surface area contributed by atoms with Gasteiger partial charge in [-0.25, -0.2) is 0 Å². The van der Waals surface area contributed by atoms with Crippen LogP contribution in [0.15, 0.2) is 28.0 Å². The van der Waals surface area contributed by atoms with Crippen molar-refractivity contribution in [3.05, 3.63) is 24.2 Å². The Labute approximate surface area is 101 Å². The molecule has 0 amide bonds. The number of hydrogen-bond donors (Lipinski definition) is 3. The molecule has 2 atom stereocenters. The zero-order chi connectivity index (χ0) is 13.8. The first-order valence-corrected chi connectivity index (χ1v) is 5.17. The zero-order valence-corrected chi connectivity index (χ0v) is 9.61. The molecule has 18 heavy (non-hydrogen) atoms. The van der Waals surface area contributed by atoms with Gasteiger partial charge in [0.25, 0.3) is 0 Å². The van der Waals surface area contributed by atoms with E-state index in [1.807, 2.05) is 0 Å². The van der Waals surface area contributed by atoms with Crippen molar-refractivity contribution in [3.8, 4) is 0 Å². The molecular weight excluding hydrogens is 251 g/mol. The Morgan fingerprint density at radius 1 is 1.61 bits per heavy atom. The van der Waals surface area contributed by atoms with Gasteiger partial charge >= 0.3 is 6.18 Å². The first-order chi connectivity index (χ1) is 8.36. The van der Waals surface area contributed by atoms with Crippen LogP contribution in [0.4, 0.5) is 13.2 Å². The predicted molar refractivity (Wildman–Crippen MR) is 58.1 cm³/mol. The maximum absolute atomic E-state index is 12.6. The van der Waals surface area contributed by atoms with Crippen molar-refractivity contribution in [2.75, 3.05) is 6.54 Å². The Kier molecular flexibility index (Phi) is 4.60. The number of furan rings is 1. The number of hydrogen-bond acceptors (Lipinski definition) is 4. The average molecular weight is 265 g/mol. The van der Waals surface area contributed by atoms with Crippen molar-refractivity contribution >= 4 is 5.84 Å². The maximum Gasteiger partial charge on any atom is 0.400 e. The highest BCUT2D eigenvalue weighted by atomic mass is 19.4. The third-order valence-electron chi connectivity index (χ3n) is 2.47. The summed E-state index contributed by atoms with van der Waals surface area (Å²) in [5, 5.41) is 13.4. The molecule has 0 radical (unpaired) electrons. The smallest absolute Gasteiger partial charge is 0.400 e. The minimum absolute atomic E-state index is 0.406. The van der Waals surface area contributed by atoms with Gasteiger partial charge in [0.1, 0.15) is 11.7 Å². The molecule has 0 aliphatic carbocycles. The van der Waals surface area contributed by atoms with Gasteiger partial charge in [-0.3, -0.25) is 0 Å². The number of alkyl halides is 3. The van der Waals surface area contributed by atoms with Gasteiger partial charge in [0.15, 0.2) is 5.84 Å². The summed E-state index contributed by atoms with van der Waals surface area (Å²) in [5.41, 5.74) is 5.02. The second-order valence-electron chi connectivity index (χ2n) is 3.76. The highest BCUT2D eigenvalue weighted by molar-refractivity contribution is 5.83. The lowest BCUT2D eigenvalue weighted by molar-refractivity contribution is -0.155. The molecule has 102 valence electrons. The Bertz CT molecular complexity index is 390. The van der Waals surface area contributed by atoms with Gasteiger partial charge in [-0.05, 0) is 19.1 Å². The molecule has 0 bridgehead atoms. The molecule has 1 aromatic heterocycles. The molecule has 4 N–H and O–H groups in total. The van der Waals surface area contributed by atoms with Gasteiger partial charge in [-0.2, -0.15) is 13.2 Å².